The number of amides is 1. The minimum atomic E-state index is -0.457. The number of H-pyrrole nitrogens is 1. The third-order valence-electron chi connectivity index (χ3n) is 3.47. The number of nitrogens with zero attached hydrogens (tertiary/aromatic N) is 1. The molecule has 3 rings (SSSR count). The molecule has 1 amide bonds. The lowest BCUT2D eigenvalue weighted by Crippen LogP contribution is -2.40. The van der Waals surface area contributed by atoms with Crippen LogP contribution in [0.25, 0.3) is 11.1 Å². The van der Waals surface area contributed by atoms with E-state index < -0.39 is 5.76 Å². The number of carbonyl (C=O) groups is 1. The van der Waals surface area contributed by atoms with Crippen molar-refractivity contribution in [2.24, 2.45) is 0 Å². The SMILES string of the molecule is O=C(CCc1ccc2oc(=O)[nH]c2c1)N1CCOCC1. The summed E-state index contributed by atoms with van der Waals surface area (Å²) in [5, 5.41) is 0. The number of rotatable bonds is 3. The van der Waals surface area contributed by atoms with Crippen LogP contribution in [0.1, 0.15) is 12.0 Å². The van der Waals surface area contributed by atoms with Crippen LogP contribution in [0, 0.1) is 0 Å². The standard InChI is InChI=1S/C14H16N2O4/c17-13(16-5-7-19-8-6-16)4-2-10-1-3-12-11(9-10)15-14(18)20-12/h1,3,9H,2,4-8H2,(H,15,18). The number of benzene rings is 1. The van der Waals surface area contributed by atoms with Gasteiger partial charge in [-0.15, -0.1) is 0 Å². The molecule has 1 fully saturated rings. The molecule has 1 saturated heterocycles. The number of carbonyl (C=O) groups excluding carboxylic acids is 1. The van der Waals surface area contributed by atoms with E-state index in [0.29, 0.717) is 50.2 Å². The predicted octanol–water partition coefficient (Wildman–Crippen LogP) is 0.912. The molecule has 6 nitrogen and oxygen atoms in total. The van der Waals surface area contributed by atoms with E-state index in [9.17, 15) is 9.59 Å². The molecule has 2 heterocycles. The normalized spacial score (nSPS) is 15.7. The Morgan fingerprint density at radius 2 is 2.10 bits per heavy atom. The van der Waals surface area contributed by atoms with Crippen LogP contribution in [0.15, 0.2) is 27.4 Å². The molecular weight excluding hydrogens is 260 g/mol. The third-order valence-corrected chi connectivity index (χ3v) is 3.47. The van der Waals surface area contributed by atoms with Gasteiger partial charge in [-0.2, -0.15) is 0 Å². The van der Waals surface area contributed by atoms with Crippen LogP contribution in [0.3, 0.4) is 0 Å². The summed E-state index contributed by atoms with van der Waals surface area (Å²) in [6, 6.07) is 5.49. The lowest BCUT2D eigenvalue weighted by Gasteiger charge is -2.26. The van der Waals surface area contributed by atoms with Crippen LogP contribution < -0.4 is 5.76 Å². The Morgan fingerprint density at radius 3 is 2.90 bits per heavy atom. The number of morpholine rings is 1. The molecular formula is C14H16N2O4. The summed E-state index contributed by atoms with van der Waals surface area (Å²) in [7, 11) is 0. The van der Waals surface area contributed by atoms with E-state index in [2.05, 4.69) is 4.98 Å². The molecule has 0 bridgehead atoms. The highest BCUT2D eigenvalue weighted by molar-refractivity contribution is 5.77. The summed E-state index contributed by atoms with van der Waals surface area (Å²) in [4.78, 5) is 27.6. The number of ether oxygens (including phenoxy) is 1. The van der Waals surface area contributed by atoms with E-state index in [1.54, 1.807) is 6.07 Å². The number of aromatic nitrogens is 1. The molecule has 0 unspecified atom stereocenters. The number of hydrogen-bond acceptors (Lipinski definition) is 4. The van der Waals surface area contributed by atoms with E-state index in [-0.39, 0.29) is 5.91 Å². The zero-order valence-corrected chi connectivity index (χ0v) is 11.1. The molecule has 1 N–H and O–H groups in total. The molecule has 1 aliphatic rings. The summed E-state index contributed by atoms with van der Waals surface area (Å²) in [6.45, 7) is 2.59. The molecule has 1 aromatic carbocycles. The zero-order chi connectivity index (χ0) is 13.9. The monoisotopic (exact) mass is 276 g/mol. The highest BCUT2D eigenvalue weighted by atomic mass is 16.5. The van der Waals surface area contributed by atoms with Gasteiger partial charge in [0.15, 0.2) is 5.58 Å². The van der Waals surface area contributed by atoms with Crippen molar-refractivity contribution in [1.29, 1.82) is 0 Å². The number of aryl methyl sites for hydroxylation is 1. The van der Waals surface area contributed by atoms with Gasteiger partial charge in [-0.25, -0.2) is 4.79 Å². The van der Waals surface area contributed by atoms with E-state index >= 15 is 0 Å². The Kier molecular flexibility index (Phi) is 3.56. The van der Waals surface area contributed by atoms with Gasteiger partial charge in [-0.05, 0) is 24.1 Å². The fourth-order valence-electron chi connectivity index (χ4n) is 2.38. The van der Waals surface area contributed by atoms with E-state index in [1.807, 2.05) is 17.0 Å². The van der Waals surface area contributed by atoms with Crippen LogP contribution in [0.5, 0.6) is 0 Å². The first kappa shape index (κ1) is 12.9. The number of fused-ring (bicyclic) bond motifs is 1. The molecule has 0 spiro atoms. The summed E-state index contributed by atoms with van der Waals surface area (Å²) < 4.78 is 10.2. The lowest BCUT2D eigenvalue weighted by molar-refractivity contribution is -0.135. The Labute approximate surface area is 115 Å². The topological polar surface area (TPSA) is 75.5 Å². The molecule has 20 heavy (non-hydrogen) atoms. The summed E-state index contributed by atoms with van der Waals surface area (Å²) in [5.74, 6) is -0.310. The Morgan fingerprint density at radius 1 is 1.30 bits per heavy atom. The number of oxazole rings is 1. The van der Waals surface area contributed by atoms with Crippen molar-refractivity contribution < 1.29 is 13.9 Å². The highest BCUT2D eigenvalue weighted by Crippen LogP contribution is 2.14. The molecule has 0 saturated carbocycles. The smallest absolute Gasteiger partial charge is 0.408 e. The molecule has 0 radical (unpaired) electrons. The summed E-state index contributed by atoms with van der Waals surface area (Å²) in [6.07, 6.45) is 1.12. The fraction of sp³-hybridized carbons (Fsp3) is 0.429. The maximum atomic E-state index is 12.0. The van der Waals surface area contributed by atoms with Gasteiger partial charge in [0.05, 0.1) is 18.7 Å². The predicted molar refractivity (Wildman–Crippen MR) is 72.6 cm³/mol. The second kappa shape index (κ2) is 5.50. The number of hydrogen-bond donors (Lipinski definition) is 1. The van der Waals surface area contributed by atoms with Gasteiger partial charge in [-0.1, -0.05) is 6.07 Å². The summed E-state index contributed by atoms with van der Waals surface area (Å²) in [5.41, 5.74) is 2.22. The zero-order valence-electron chi connectivity index (χ0n) is 11.1. The minimum Gasteiger partial charge on any atom is -0.408 e. The van der Waals surface area contributed by atoms with Crippen molar-refractivity contribution in [2.45, 2.75) is 12.8 Å². The van der Waals surface area contributed by atoms with Gasteiger partial charge in [0.25, 0.3) is 0 Å². The molecule has 0 aliphatic carbocycles. The first-order chi connectivity index (χ1) is 9.72. The van der Waals surface area contributed by atoms with Gasteiger partial charge in [0, 0.05) is 19.5 Å². The van der Waals surface area contributed by atoms with Crippen LogP contribution in [0.2, 0.25) is 0 Å². The van der Waals surface area contributed by atoms with Crippen molar-refractivity contribution >= 4 is 17.0 Å². The highest BCUT2D eigenvalue weighted by Gasteiger charge is 2.16. The second-order valence-corrected chi connectivity index (χ2v) is 4.84. The Balaban J connectivity index is 1.64. The fourth-order valence-corrected chi connectivity index (χ4v) is 2.38. The minimum absolute atomic E-state index is 0.147. The molecule has 1 aromatic heterocycles. The van der Waals surface area contributed by atoms with E-state index in [0.717, 1.165) is 5.56 Å². The van der Waals surface area contributed by atoms with Crippen molar-refractivity contribution in [2.75, 3.05) is 26.3 Å². The van der Waals surface area contributed by atoms with E-state index in [1.165, 1.54) is 0 Å². The molecule has 6 heteroatoms. The quantitative estimate of drug-likeness (QED) is 0.904. The van der Waals surface area contributed by atoms with Gasteiger partial charge in [-0.3, -0.25) is 9.78 Å². The van der Waals surface area contributed by atoms with Crippen molar-refractivity contribution in [3.05, 3.63) is 34.3 Å². The van der Waals surface area contributed by atoms with Crippen LogP contribution in [-0.2, 0) is 16.0 Å². The van der Waals surface area contributed by atoms with Crippen LogP contribution in [-0.4, -0.2) is 42.1 Å². The average molecular weight is 276 g/mol. The largest absolute Gasteiger partial charge is 0.417 e. The van der Waals surface area contributed by atoms with Crippen molar-refractivity contribution in [1.82, 2.24) is 9.88 Å². The number of aromatic amines is 1. The third kappa shape index (κ3) is 2.75. The molecule has 0 atom stereocenters. The van der Waals surface area contributed by atoms with Gasteiger partial charge >= 0.3 is 5.76 Å². The number of nitrogens with one attached hydrogen (secondary N) is 1. The average Bonchev–Trinajstić information content (AvgIpc) is 2.85. The molecule has 1 aliphatic heterocycles. The maximum Gasteiger partial charge on any atom is 0.417 e. The maximum absolute atomic E-state index is 12.0. The Bertz CT molecular complexity index is 667. The van der Waals surface area contributed by atoms with Gasteiger partial charge < -0.3 is 14.1 Å². The first-order valence-electron chi connectivity index (χ1n) is 6.70. The van der Waals surface area contributed by atoms with Gasteiger partial charge in [0.1, 0.15) is 0 Å². The van der Waals surface area contributed by atoms with Crippen molar-refractivity contribution in [3.63, 3.8) is 0 Å². The molecule has 106 valence electrons. The van der Waals surface area contributed by atoms with Gasteiger partial charge in [0.2, 0.25) is 5.91 Å². The lowest BCUT2D eigenvalue weighted by atomic mass is 10.1. The van der Waals surface area contributed by atoms with E-state index in [4.69, 9.17) is 9.15 Å². The Hall–Kier alpha value is -2.08. The summed E-state index contributed by atoms with van der Waals surface area (Å²) >= 11 is 0. The van der Waals surface area contributed by atoms with Crippen LogP contribution >= 0.6 is 0 Å². The first-order valence-corrected chi connectivity index (χ1v) is 6.70. The van der Waals surface area contributed by atoms with Crippen LogP contribution in [0.4, 0.5) is 0 Å². The van der Waals surface area contributed by atoms with Crippen molar-refractivity contribution in [3.8, 4) is 0 Å². The second-order valence-electron chi connectivity index (χ2n) is 4.84. The molecule has 2 aromatic rings.